The number of tetrazole rings is 1. The lowest BCUT2D eigenvalue weighted by atomic mass is 10.2. The van der Waals surface area contributed by atoms with Crippen LogP contribution in [0.5, 0.6) is 0 Å². The Morgan fingerprint density at radius 3 is 2.72 bits per heavy atom. The fourth-order valence-electron chi connectivity index (χ4n) is 1.33. The molecule has 10 heteroatoms. The minimum Gasteiger partial charge on any atom is -0.478 e. The molecule has 9 nitrogen and oxygen atoms in total. The van der Waals surface area contributed by atoms with Gasteiger partial charge < -0.3 is 5.11 Å². The van der Waals surface area contributed by atoms with E-state index in [2.05, 4.69) is 25.0 Å². The van der Waals surface area contributed by atoms with Gasteiger partial charge in [-0.1, -0.05) is 0 Å². The number of aromatic carboxylic acids is 1. The fraction of sp³-hybridized carbons (Fsp3) is 0.250. The van der Waals surface area contributed by atoms with E-state index in [9.17, 15) is 9.59 Å². The molecule has 0 saturated carbocycles. The van der Waals surface area contributed by atoms with E-state index in [0.29, 0.717) is 5.69 Å². The van der Waals surface area contributed by atoms with Gasteiger partial charge in [-0.3, -0.25) is 9.69 Å². The lowest BCUT2D eigenvalue weighted by Crippen LogP contribution is -2.28. The van der Waals surface area contributed by atoms with Gasteiger partial charge in [-0.15, -0.1) is 10.2 Å². The molecular weight excluding hydrogens is 260 g/mol. The Morgan fingerprint density at radius 2 is 2.17 bits per heavy atom. The summed E-state index contributed by atoms with van der Waals surface area (Å²) in [6.45, 7) is 1.57. The predicted molar refractivity (Wildman–Crippen MR) is 60.7 cm³/mol. The first-order valence-electron chi connectivity index (χ1n) is 4.73. The summed E-state index contributed by atoms with van der Waals surface area (Å²) in [6, 6.07) is 0. The third kappa shape index (κ3) is 1.93. The molecule has 2 heterocycles. The van der Waals surface area contributed by atoms with Crippen molar-refractivity contribution in [2.75, 3.05) is 11.9 Å². The van der Waals surface area contributed by atoms with Crippen molar-refractivity contribution in [2.24, 2.45) is 0 Å². The van der Waals surface area contributed by atoms with Crippen LogP contribution in [0.3, 0.4) is 0 Å². The number of hydrogen-bond donors (Lipinski definition) is 2. The average Bonchev–Trinajstić information content (AvgIpc) is 2.95. The molecule has 0 spiro atoms. The second kappa shape index (κ2) is 4.49. The summed E-state index contributed by atoms with van der Waals surface area (Å²) >= 11 is 0.926. The zero-order valence-corrected chi connectivity index (χ0v) is 10.2. The van der Waals surface area contributed by atoms with Gasteiger partial charge in [0.15, 0.2) is 0 Å². The normalized spacial score (nSPS) is 10.3. The maximum absolute atomic E-state index is 11.9. The number of H-pyrrole nitrogens is 1. The van der Waals surface area contributed by atoms with Crippen molar-refractivity contribution in [3.8, 4) is 0 Å². The van der Waals surface area contributed by atoms with Crippen LogP contribution in [0, 0.1) is 6.92 Å². The third-order valence-electron chi connectivity index (χ3n) is 2.20. The van der Waals surface area contributed by atoms with E-state index in [0.717, 1.165) is 16.4 Å². The van der Waals surface area contributed by atoms with Crippen molar-refractivity contribution in [3.05, 3.63) is 17.1 Å². The Bertz CT molecular complexity index is 592. The van der Waals surface area contributed by atoms with Crippen LogP contribution in [-0.2, 0) is 0 Å². The number of carbonyl (C=O) groups is 2. The van der Waals surface area contributed by atoms with Crippen LogP contribution in [0.4, 0.5) is 5.00 Å². The molecule has 0 unspecified atom stereocenters. The molecule has 0 saturated heterocycles. The SMILES string of the molecule is Cc1nsc(N(C)C(=O)c2nn[nH]n2)c1C(=O)O. The second-order valence-corrected chi connectivity index (χ2v) is 4.10. The number of carboxylic acids is 1. The third-order valence-corrected chi connectivity index (χ3v) is 3.22. The largest absolute Gasteiger partial charge is 0.478 e. The van der Waals surface area contributed by atoms with E-state index in [1.54, 1.807) is 6.92 Å². The Hall–Kier alpha value is -2.36. The van der Waals surface area contributed by atoms with Gasteiger partial charge in [-0.2, -0.15) is 9.59 Å². The van der Waals surface area contributed by atoms with Crippen LogP contribution >= 0.6 is 11.5 Å². The van der Waals surface area contributed by atoms with Gasteiger partial charge in [0.1, 0.15) is 10.6 Å². The van der Waals surface area contributed by atoms with Crippen LogP contribution in [0.15, 0.2) is 0 Å². The number of nitrogens with zero attached hydrogens (tertiary/aromatic N) is 5. The molecular formula is C8H8N6O3S. The quantitative estimate of drug-likeness (QED) is 0.798. The number of carboxylic acid groups (broad SMARTS) is 1. The summed E-state index contributed by atoms with van der Waals surface area (Å²) in [5.74, 6) is -1.83. The van der Waals surface area contributed by atoms with E-state index in [4.69, 9.17) is 5.11 Å². The molecule has 18 heavy (non-hydrogen) atoms. The van der Waals surface area contributed by atoms with Gasteiger partial charge in [0.05, 0.1) is 5.69 Å². The Morgan fingerprint density at radius 1 is 1.44 bits per heavy atom. The molecule has 0 aliphatic heterocycles. The van der Waals surface area contributed by atoms with Gasteiger partial charge >= 0.3 is 5.97 Å². The van der Waals surface area contributed by atoms with Crippen molar-refractivity contribution in [3.63, 3.8) is 0 Å². The van der Waals surface area contributed by atoms with Crippen molar-refractivity contribution >= 4 is 28.4 Å². The zero-order valence-electron chi connectivity index (χ0n) is 9.41. The Kier molecular flexibility index (Phi) is 3.02. The Labute approximate surface area is 105 Å². The predicted octanol–water partition coefficient (Wildman–Crippen LogP) is -0.0606. The van der Waals surface area contributed by atoms with Crippen molar-refractivity contribution < 1.29 is 14.7 Å². The lowest BCUT2D eigenvalue weighted by Gasteiger charge is -2.13. The number of carbonyl (C=O) groups excluding carboxylic acids is 1. The topological polar surface area (TPSA) is 125 Å². The molecule has 0 radical (unpaired) electrons. The fourth-order valence-corrected chi connectivity index (χ4v) is 2.17. The van der Waals surface area contributed by atoms with Crippen LogP contribution in [0.2, 0.25) is 0 Å². The van der Waals surface area contributed by atoms with Crippen LogP contribution < -0.4 is 4.90 Å². The van der Waals surface area contributed by atoms with E-state index in [1.807, 2.05) is 0 Å². The maximum atomic E-state index is 11.9. The number of amides is 1. The summed E-state index contributed by atoms with van der Waals surface area (Å²) in [6.07, 6.45) is 0. The molecule has 0 fully saturated rings. The first-order chi connectivity index (χ1) is 8.52. The van der Waals surface area contributed by atoms with Crippen molar-refractivity contribution in [2.45, 2.75) is 6.92 Å². The highest BCUT2D eigenvalue weighted by Crippen LogP contribution is 2.28. The molecule has 94 valence electrons. The number of nitrogens with one attached hydrogen (secondary N) is 1. The minimum atomic E-state index is -1.14. The van der Waals surface area contributed by atoms with Crippen LogP contribution in [0.1, 0.15) is 26.7 Å². The van der Waals surface area contributed by atoms with E-state index in [-0.39, 0.29) is 16.4 Å². The van der Waals surface area contributed by atoms with E-state index < -0.39 is 11.9 Å². The number of aryl methyl sites for hydroxylation is 1. The molecule has 1 amide bonds. The number of rotatable bonds is 3. The first-order valence-corrected chi connectivity index (χ1v) is 5.50. The molecule has 2 aromatic rings. The minimum absolute atomic E-state index is 0.000607. The number of hydrogen-bond acceptors (Lipinski definition) is 7. The molecule has 2 N–H and O–H groups in total. The highest BCUT2D eigenvalue weighted by Gasteiger charge is 2.26. The molecule has 0 atom stereocenters. The number of aromatic amines is 1. The molecule has 0 aromatic carbocycles. The second-order valence-electron chi connectivity index (χ2n) is 3.35. The van der Waals surface area contributed by atoms with Crippen molar-refractivity contribution in [1.82, 2.24) is 25.0 Å². The monoisotopic (exact) mass is 268 g/mol. The smallest absolute Gasteiger partial charge is 0.340 e. The summed E-state index contributed by atoms with van der Waals surface area (Å²) < 4.78 is 3.93. The van der Waals surface area contributed by atoms with Gasteiger partial charge in [0.2, 0.25) is 0 Å². The average molecular weight is 268 g/mol. The molecule has 0 aliphatic rings. The highest BCUT2D eigenvalue weighted by atomic mass is 32.1. The molecule has 2 rings (SSSR count). The van der Waals surface area contributed by atoms with Gasteiger partial charge in [-0.05, 0) is 23.7 Å². The zero-order chi connectivity index (χ0) is 13.3. The first kappa shape index (κ1) is 12.1. The standard InChI is InChI=1S/C8H8N6O3S/c1-3-4(8(16)17)7(18-11-3)14(2)6(15)5-9-12-13-10-5/h1-2H3,(H,16,17)(H,9,10,12,13). The summed E-state index contributed by atoms with van der Waals surface area (Å²) in [5, 5.41) is 21.8. The lowest BCUT2D eigenvalue weighted by molar-refractivity contribution is 0.0697. The molecule has 2 aromatic heterocycles. The van der Waals surface area contributed by atoms with Gasteiger partial charge in [-0.25, -0.2) is 4.79 Å². The van der Waals surface area contributed by atoms with E-state index in [1.165, 1.54) is 7.05 Å². The highest BCUT2D eigenvalue weighted by molar-refractivity contribution is 7.11. The Balaban J connectivity index is 2.38. The summed E-state index contributed by atoms with van der Waals surface area (Å²) in [7, 11) is 1.43. The van der Waals surface area contributed by atoms with Gasteiger partial charge in [0.25, 0.3) is 11.7 Å². The number of aromatic nitrogens is 5. The summed E-state index contributed by atoms with van der Waals surface area (Å²) in [5.41, 5.74) is 0.356. The van der Waals surface area contributed by atoms with Gasteiger partial charge in [0, 0.05) is 7.05 Å². The van der Waals surface area contributed by atoms with E-state index >= 15 is 0 Å². The maximum Gasteiger partial charge on any atom is 0.340 e. The van der Waals surface area contributed by atoms with Crippen LogP contribution in [-0.4, -0.2) is 49.0 Å². The van der Waals surface area contributed by atoms with Crippen LogP contribution in [0.25, 0.3) is 0 Å². The molecule has 0 bridgehead atoms. The molecule has 0 aliphatic carbocycles. The summed E-state index contributed by atoms with van der Waals surface area (Å²) in [4.78, 5) is 24.2. The van der Waals surface area contributed by atoms with Crippen molar-refractivity contribution in [1.29, 1.82) is 0 Å². The number of anilines is 1.